The fourth-order valence-electron chi connectivity index (χ4n) is 3.92. The molecule has 7 nitrogen and oxygen atoms in total. The van der Waals surface area contributed by atoms with Crippen LogP contribution >= 0.6 is 0 Å². The predicted molar refractivity (Wildman–Crippen MR) is 104 cm³/mol. The van der Waals surface area contributed by atoms with Gasteiger partial charge in [0.15, 0.2) is 12.3 Å². The van der Waals surface area contributed by atoms with Crippen LogP contribution in [0.1, 0.15) is 50.5 Å². The molecule has 1 fully saturated rings. The lowest BCUT2D eigenvalue weighted by molar-refractivity contribution is -0.159. The number of aromatic nitrogens is 2. The highest BCUT2D eigenvalue weighted by Crippen LogP contribution is 2.35. The van der Waals surface area contributed by atoms with E-state index >= 15 is 0 Å². The maximum absolute atomic E-state index is 12.4. The molecule has 1 N–H and O–H groups in total. The van der Waals surface area contributed by atoms with Crippen LogP contribution in [0.15, 0.2) is 29.1 Å². The van der Waals surface area contributed by atoms with Crippen LogP contribution in [0, 0.1) is 17.8 Å². The van der Waals surface area contributed by atoms with E-state index in [-0.39, 0.29) is 11.8 Å². The van der Waals surface area contributed by atoms with E-state index in [4.69, 9.17) is 9.47 Å². The number of fused-ring (bicyclic) bond motifs is 1. The lowest BCUT2D eigenvalue weighted by atomic mass is 9.75. The Bertz CT molecular complexity index is 920. The first-order valence-electron chi connectivity index (χ1n) is 9.70. The molecule has 2 aromatic rings. The minimum absolute atomic E-state index is 0.0330. The summed E-state index contributed by atoms with van der Waals surface area (Å²) in [6.07, 6.45) is 2.84. The van der Waals surface area contributed by atoms with E-state index < -0.39 is 24.1 Å². The van der Waals surface area contributed by atoms with Gasteiger partial charge in [0.05, 0.1) is 5.39 Å². The monoisotopic (exact) mass is 386 g/mol. The summed E-state index contributed by atoms with van der Waals surface area (Å²) in [6.45, 7) is 5.94. The van der Waals surface area contributed by atoms with Crippen molar-refractivity contribution < 1.29 is 19.1 Å². The number of rotatable bonds is 5. The second kappa shape index (κ2) is 8.54. The summed E-state index contributed by atoms with van der Waals surface area (Å²) >= 11 is 0. The summed E-state index contributed by atoms with van der Waals surface area (Å²) in [4.78, 5) is 36.4. The Morgan fingerprint density at radius 1 is 1.21 bits per heavy atom. The number of ether oxygens (including phenoxy) is 2. The topological polar surface area (TPSA) is 98.3 Å². The van der Waals surface area contributed by atoms with Crippen LogP contribution in [0.25, 0.3) is 10.8 Å². The van der Waals surface area contributed by atoms with E-state index in [9.17, 15) is 14.4 Å². The number of H-pyrrole nitrogens is 1. The zero-order chi connectivity index (χ0) is 20.3. The van der Waals surface area contributed by atoms with Gasteiger partial charge in [0.1, 0.15) is 6.10 Å². The molecule has 3 rings (SSSR count). The molecular formula is C21H26N2O5. The third-order valence-corrected chi connectivity index (χ3v) is 5.45. The molecule has 0 unspecified atom stereocenters. The number of aromatic amines is 1. The number of esters is 2. The number of carbonyl (C=O) groups is 2. The lowest BCUT2D eigenvalue weighted by Gasteiger charge is -2.36. The number of benzene rings is 1. The van der Waals surface area contributed by atoms with Crippen LogP contribution in [-0.4, -0.2) is 34.8 Å². The molecule has 1 aromatic heterocycles. The van der Waals surface area contributed by atoms with Crippen molar-refractivity contribution in [1.82, 2.24) is 10.2 Å². The van der Waals surface area contributed by atoms with Crippen LogP contribution in [0.3, 0.4) is 0 Å². The fraction of sp³-hybridized carbons (Fsp3) is 0.524. The molecule has 7 heteroatoms. The Hall–Kier alpha value is -2.70. The summed E-state index contributed by atoms with van der Waals surface area (Å²) in [5.74, 6) is -0.0917. The summed E-state index contributed by atoms with van der Waals surface area (Å²) < 4.78 is 10.7. The Kier molecular flexibility index (Phi) is 6.11. The van der Waals surface area contributed by atoms with Gasteiger partial charge in [0.2, 0.25) is 0 Å². The average Bonchev–Trinajstić information content (AvgIpc) is 2.66. The molecule has 1 heterocycles. The maximum Gasteiger partial charge on any atom is 0.360 e. The number of nitrogens with one attached hydrogen (secondary N) is 1. The standard InChI is InChI=1S/C21H26N2O5/c1-12(2)14-9-8-13(3)10-17(14)28-18(24)11-27-21(26)19-15-6-4-5-7-16(15)20(25)23-22-19/h4-7,12-14,17H,8-11H2,1-3H3,(H,23,25)/t13-,14-,17+/m1/s1. The number of nitrogens with zero attached hydrogens (tertiary/aromatic N) is 1. The van der Waals surface area contributed by atoms with Gasteiger partial charge < -0.3 is 9.47 Å². The molecule has 0 radical (unpaired) electrons. The van der Waals surface area contributed by atoms with Gasteiger partial charge in [-0.1, -0.05) is 45.4 Å². The van der Waals surface area contributed by atoms with Crippen molar-refractivity contribution in [1.29, 1.82) is 0 Å². The summed E-state index contributed by atoms with van der Waals surface area (Å²) in [5, 5.41) is 6.77. The molecule has 3 atom stereocenters. The minimum atomic E-state index is -0.776. The number of carbonyl (C=O) groups excluding carboxylic acids is 2. The quantitative estimate of drug-likeness (QED) is 0.793. The van der Waals surface area contributed by atoms with Crippen LogP contribution in [-0.2, 0) is 14.3 Å². The largest absolute Gasteiger partial charge is 0.460 e. The van der Waals surface area contributed by atoms with Gasteiger partial charge in [0, 0.05) is 5.39 Å². The molecule has 0 spiro atoms. The fourth-order valence-corrected chi connectivity index (χ4v) is 3.92. The van der Waals surface area contributed by atoms with E-state index in [0.29, 0.717) is 28.5 Å². The molecular weight excluding hydrogens is 360 g/mol. The molecule has 1 aliphatic carbocycles. The van der Waals surface area contributed by atoms with Crippen molar-refractivity contribution in [2.24, 2.45) is 17.8 Å². The third kappa shape index (κ3) is 4.40. The van der Waals surface area contributed by atoms with Crippen molar-refractivity contribution in [2.45, 2.75) is 46.1 Å². The molecule has 1 saturated carbocycles. The first-order valence-corrected chi connectivity index (χ1v) is 9.70. The van der Waals surface area contributed by atoms with Crippen molar-refractivity contribution in [3.05, 3.63) is 40.3 Å². The van der Waals surface area contributed by atoms with Gasteiger partial charge in [-0.25, -0.2) is 14.7 Å². The molecule has 0 bridgehead atoms. The second-order valence-electron chi connectivity index (χ2n) is 7.88. The third-order valence-electron chi connectivity index (χ3n) is 5.45. The van der Waals surface area contributed by atoms with Gasteiger partial charge in [0.25, 0.3) is 5.56 Å². The van der Waals surface area contributed by atoms with E-state index in [2.05, 4.69) is 31.0 Å². The number of hydrogen-bond donors (Lipinski definition) is 1. The smallest absolute Gasteiger partial charge is 0.360 e. The minimum Gasteiger partial charge on any atom is -0.460 e. The molecule has 1 aromatic carbocycles. The van der Waals surface area contributed by atoms with Crippen LogP contribution < -0.4 is 5.56 Å². The van der Waals surface area contributed by atoms with E-state index in [0.717, 1.165) is 19.3 Å². The molecule has 0 amide bonds. The van der Waals surface area contributed by atoms with Gasteiger partial charge in [-0.15, -0.1) is 0 Å². The van der Waals surface area contributed by atoms with Crippen molar-refractivity contribution in [3.63, 3.8) is 0 Å². The van der Waals surface area contributed by atoms with Crippen LogP contribution in [0.5, 0.6) is 0 Å². The highest BCUT2D eigenvalue weighted by molar-refractivity contribution is 6.02. The van der Waals surface area contributed by atoms with Crippen molar-refractivity contribution in [3.8, 4) is 0 Å². The maximum atomic E-state index is 12.4. The van der Waals surface area contributed by atoms with Gasteiger partial charge in [-0.05, 0) is 36.7 Å². The van der Waals surface area contributed by atoms with Gasteiger partial charge in [-0.2, -0.15) is 5.10 Å². The second-order valence-corrected chi connectivity index (χ2v) is 7.88. The van der Waals surface area contributed by atoms with E-state index in [1.165, 1.54) is 0 Å². The molecule has 1 aliphatic rings. The van der Waals surface area contributed by atoms with Crippen LogP contribution in [0.2, 0.25) is 0 Å². The first-order chi connectivity index (χ1) is 13.4. The van der Waals surface area contributed by atoms with E-state index in [1.807, 2.05) is 0 Å². The first kappa shape index (κ1) is 20.0. The van der Waals surface area contributed by atoms with Crippen LogP contribution in [0.4, 0.5) is 0 Å². The zero-order valence-corrected chi connectivity index (χ0v) is 16.4. The summed E-state index contributed by atoms with van der Waals surface area (Å²) in [6, 6.07) is 6.60. The highest BCUT2D eigenvalue weighted by atomic mass is 16.6. The van der Waals surface area contributed by atoms with E-state index in [1.54, 1.807) is 24.3 Å². The predicted octanol–water partition coefficient (Wildman–Crippen LogP) is 3.08. The molecule has 0 aliphatic heterocycles. The summed E-state index contributed by atoms with van der Waals surface area (Å²) in [7, 11) is 0. The molecule has 28 heavy (non-hydrogen) atoms. The molecule has 150 valence electrons. The Balaban J connectivity index is 1.64. The van der Waals surface area contributed by atoms with Crippen molar-refractivity contribution in [2.75, 3.05) is 6.61 Å². The van der Waals surface area contributed by atoms with Crippen molar-refractivity contribution >= 4 is 22.7 Å². The lowest BCUT2D eigenvalue weighted by Crippen LogP contribution is -2.36. The Labute approximate surface area is 163 Å². The zero-order valence-electron chi connectivity index (χ0n) is 16.4. The average molecular weight is 386 g/mol. The SMILES string of the molecule is CC(C)[C@H]1CC[C@@H](C)C[C@@H]1OC(=O)COC(=O)c1n[nH]c(=O)c2ccccc12. The normalized spacial score (nSPS) is 22.2. The van der Waals surface area contributed by atoms with Gasteiger partial charge >= 0.3 is 11.9 Å². The summed E-state index contributed by atoms with van der Waals surface area (Å²) in [5.41, 5.74) is -0.424. The van der Waals surface area contributed by atoms with Gasteiger partial charge in [-0.3, -0.25) is 4.79 Å². The Morgan fingerprint density at radius 2 is 1.93 bits per heavy atom. The number of hydrogen-bond acceptors (Lipinski definition) is 6. The molecule has 0 saturated heterocycles. The Morgan fingerprint density at radius 3 is 2.64 bits per heavy atom. The highest BCUT2D eigenvalue weighted by Gasteiger charge is 2.33.